The third-order valence-electron chi connectivity index (χ3n) is 4.10. The van der Waals surface area contributed by atoms with Crippen molar-refractivity contribution in [1.82, 2.24) is 20.1 Å². The Hall–Kier alpha value is -2.55. The minimum Gasteiger partial charge on any atom is -0.497 e. The molecule has 0 aliphatic carbocycles. The summed E-state index contributed by atoms with van der Waals surface area (Å²) in [5.41, 5.74) is 6.04. The molecular formula is C17H21N5O3S. The molecule has 2 amide bonds. The Morgan fingerprint density at radius 3 is 2.69 bits per heavy atom. The van der Waals surface area contributed by atoms with Crippen LogP contribution >= 0.6 is 11.8 Å². The molecule has 1 unspecified atom stereocenters. The van der Waals surface area contributed by atoms with Crippen molar-refractivity contribution in [2.75, 3.05) is 12.9 Å². The first-order valence-electron chi connectivity index (χ1n) is 8.13. The molecule has 9 heteroatoms. The molecule has 138 valence electrons. The van der Waals surface area contributed by atoms with Crippen molar-refractivity contribution in [2.45, 2.75) is 31.1 Å². The number of amides is 2. The predicted octanol–water partition coefficient (Wildman–Crippen LogP) is 0.986. The van der Waals surface area contributed by atoms with Gasteiger partial charge in [0.1, 0.15) is 5.75 Å². The van der Waals surface area contributed by atoms with Crippen molar-refractivity contribution >= 4 is 23.6 Å². The SMILES string of the molecule is COc1ccc(-n2nc(CC(N)=O)nc2C2CSC(C)(C)C(=O)N2)cc1. The summed E-state index contributed by atoms with van der Waals surface area (Å²) in [6.07, 6.45) is -0.0601. The highest BCUT2D eigenvalue weighted by Crippen LogP contribution is 2.34. The van der Waals surface area contributed by atoms with Crippen molar-refractivity contribution in [3.8, 4) is 11.4 Å². The fourth-order valence-electron chi connectivity index (χ4n) is 2.61. The largest absolute Gasteiger partial charge is 0.497 e. The number of hydrogen-bond acceptors (Lipinski definition) is 6. The molecule has 8 nitrogen and oxygen atoms in total. The minimum absolute atomic E-state index is 0.0560. The molecule has 1 aliphatic rings. The summed E-state index contributed by atoms with van der Waals surface area (Å²) < 4.78 is 6.33. The minimum atomic E-state index is -0.508. The van der Waals surface area contributed by atoms with Crippen molar-refractivity contribution in [3.63, 3.8) is 0 Å². The van der Waals surface area contributed by atoms with Crippen LogP contribution < -0.4 is 15.8 Å². The molecule has 1 aromatic heterocycles. The Labute approximate surface area is 155 Å². The molecule has 1 fully saturated rings. The Kier molecular flexibility index (Phi) is 4.90. The standard InChI is InChI=1S/C17H21N5O3S/c1-17(2)16(24)19-12(9-26-17)15-20-14(8-13(18)23)21-22(15)10-4-6-11(25-3)7-5-10/h4-7,12H,8-9H2,1-3H3,(H2,18,23)(H,19,24). The van der Waals surface area contributed by atoms with Gasteiger partial charge >= 0.3 is 0 Å². The first kappa shape index (κ1) is 18.2. The second-order valence-corrected chi connectivity index (χ2v) is 8.13. The Bertz CT molecular complexity index is 831. The van der Waals surface area contributed by atoms with Crippen LogP contribution in [0.1, 0.15) is 31.5 Å². The van der Waals surface area contributed by atoms with E-state index in [0.717, 1.165) is 11.4 Å². The maximum atomic E-state index is 12.3. The van der Waals surface area contributed by atoms with Gasteiger partial charge < -0.3 is 15.8 Å². The van der Waals surface area contributed by atoms with Crippen LogP contribution in [0.15, 0.2) is 24.3 Å². The molecule has 3 N–H and O–H groups in total. The van der Waals surface area contributed by atoms with Gasteiger partial charge in [-0.1, -0.05) is 0 Å². The van der Waals surface area contributed by atoms with Gasteiger partial charge in [-0.2, -0.15) is 5.10 Å². The molecule has 2 aromatic rings. The number of nitrogens with two attached hydrogens (primary N) is 1. The molecular weight excluding hydrogens is 354 g/mol. The van der Waals surface area contributed by atoms with Crippen molar-refractivity contribution < 1.29 is 14.3 Å². The van der Waals surface area contributed by atoms with E-state index >= 15 is 0 Å². The summed E-state index contributed by atoms with van der Waals surface area (Å²) in [6, 6.07) is 6.99. The molecule has 0 radical (unpaired) electrons. The zero-order chi connectivity index (χ0) is 18.9. The first-order valence-corrected chi connectivity index (χ1v) is 9.12. The van der Waals surface area contributed by atoms with Crippen molar-refractivity contribution in [2.24, 2.45) is 5.73 Å². The molecule has 0 saturated carbocycles. The lowest BCUT2D eigenvalue weighted by atomic mass is 10.1. The zero-order valence-corrected chi connectivity index (χ0v) is 15.7. The van der Waals surface area contributed by atoms with E-state index < -0.39 is 10.7 Å². The summed E-state index contributed by atoms with van der Waals surface area (Å²) in [6.45, 7) is 3.77. The van der Waals surface area contributed by atoms with Crippen molar-refractivity contribution in [1.29, 1.82) is 0 Å². The third-order valence-corrected chi connectivity index (χ3v) is 5.51. The Balaban J connectivity index is 1.98. The molecule has 1 atom stereocenters. The van der Waals surface area contributed by atoms with Gasteiger partial charge in [0.05, 0.1) is 30.0 Å². The summed E-state index contributed by atoms with van der Waals surface area (Å²) >= 11 is 1.56. The van der Waals surface area contributed by atoms with Crippen LogP contribution in [0.3, 0.4) is 0 Å². The Morgan fingerprint density at radius 2 is 2.12 bits per heavy atom. The van der Waals surface area contributed by atoms with Crippen LogP contribution in [0.25, 0.3) is 5.69 Å². The third kappa shape index (κ3) is 3.67. The lowest BCUT2D eigenvalue weighted by Gasteiger charge is -2.33. The summed E-state index contributed by atoms with van der Waals surface area (Å²) in [5, 5.41) is 7.41. The van der Waals surface area contributed by atoms with Crippen LogP contribution in [0.4, 0.5) is 0 Å². The second-order valence-electron chi connectivity index (χ2n) is 6.49. The summed E-state index contributed by atoms with van der Waals surface area (Å²) in [5.74, 6) is 1.71. The Morgan fingerprint density at radius 1 is 1.42 bits per heavy atom. The van der Waals surface area contributed by atoms with E-state index in [1.165, 1.54) is 0 Å². The van der Waals surface area contributed by atoms with E-state index in [0.29, 0.717) is 17.4 Å². The van der Waals surface area contributed by atoms with E-state index in [9.17, 15) is 9.59 Å². The smallest absolute Gasteiger partial charge is 0.236 e. The van der Waals surface area contributed by atoms with Gasteiger partial charge in [-0.25, -0.2) is 9.67 Å². The number of thioether (sulfide) groups is 1. The van der Waals surface area contributed by atoms with E-state index in [4.69, 9.17) is 10.5 Å². The fraction of sp³-hybridized carbons (Fsp3) is 0.412. The lowest BCUT2D eigenvalue weighted by molar-refractivity contribution is -0.123. The molecule has 0 spiro atoms. The molecule has 3 rings (SSSR count). The number of hydrogen-bond donors (Lipinski definition) is 2. The molecule has 1 aromatic carbocycles. The first-order chi connectivity index (χ1) is 12.3. The lowest BCUT2D eigenvalue weighted by Crippen LogP contribution is -2.48. The van der Waals surface area contributed by atoms with Gasteiger partial charge in [0.2, 0.25) is 11.8 Å². The van der Waals surface area contributed by atoms with Crippen LogP contribution in [-0.2, 0) is 16.0 Å². The number of nitrogens with zero attached hydrogens (tertiary/aromatic N) is 3. The number of primary amides is 1. The number of methoxy groups -OCH3 is 1. The second kappa shape index (κ2) is 6.99. The van der Waals surface area contributed by atoms with Crippen molar-refractivity contribution in [3.05, 3.63) is 35.9 Å². The summed E-state index contributed by atoms with van der Waals surface area (Å²) in [7, 11) is 1.59. The summed E-state index contributed by atoms with van der Waals surface area (Å²) in [4.78, 5) is 28.1. The quantitative estimate of drug-likeness (QED) is 0.806. The normalized spacial score (nSPS) is 19.0. The van der Waals surface area contributed by atoms with Gasteiger partial charge in [-0.15, -0.1) is 11.8 Å². The van der Waals surface area contributed by atoms with Gasteiger partial charge in [-0.3, -0.25) is 9.59 Å². The number of carbonyl (C=O) groups excluding carboxylic acids is 2. The number of aromatic nitrogens is 3. The number of carbonyl (C=O) groups is 2. The maximum absolute atomic E-state index is 12.3. The number of rotatable bonds is 5. The van der Waals surface area contributed by atoms with Crippen LogP contribution in [-0.4, -0.2) is 44.2 Å². The van der Waals surface area contributed by atoms with Crippen LogP contribution in [0, 0.1) is 0 Å². The van der Waals surface area contributed by atoms with Crippen LogP contribution in [0.5, 0.6) is 5.75 Å². The average molecular weight is 375 g/mol. The molecule has 0 bridgehead atoms. The molecule has 1 aliphatic heterocycles. The monoisotopic (exact) mass is 375 g/mol. The maximum Gasteiger partial charge on any atom is 0.236 e. The van der Waals surface area contributed by atoms with E-state index in [1.807, 2.05) is 38.1 Å². The van der Waals surface area contributed by atoms with Crippen LogP contribution in [0.2, 0.25) is 0 Å². The van der Waals surface area contributed by atoms with E-state index in [2.05, 4.69) is 15.4 Å². The fourth-order valence-corrected chi connectivity index (χ4v) is 3.61. The highest BCUT2D eigenvalue weighted by Gasteiger charge is 2.38. The molecule has 26 heavy (non-hydrogen) atoms. The van der Waals surface area contributed by atoms with Gasteiger partial charge in [-0.05, 0) is 38.1 Å². The van der Waals surface area contributed by atoms with Gasteiger partial charge in [0.25, 0.3) is 0 Å². The van der Waals surface area contributed by atoms with E-state index in [-0.39, 0.29) is 18.4 Å². The van der Waals surface area contributed by atoms with Gasteiger partial charge in [0.15, 0.2) is 11.6 Å². The highest BCUT2D eigenvalue weighted by molar-refractivity contribution is 8.01. The molecule has 1 saturated heterocycles. The average Bonchev–Trinajstić information content (AvgIpc) is 3.00. The number of nitrogens with one attached hydrogen (secondary N) is 1. The number of ether oxygens (including phenoxy) is 1. The highest BCUT2D eigenvalue weighted by atomic mass is 32.2. The molecule has 2 heterocycles. The topological polar surface area (TPSA) is 112 Å². The zero-order valence-electron chi connectivity index (χ0n) is 14.9. The predicted molar refractivity (Wildman–Crippen MR) is 98.2 cm³/mol. The number of benzene rings is 1. The van der Waals surface area contributed by atoms with E-state index in [1.54, 1.807) is 23.6 Å². The van der Waals surface area contributed by atoms with Gasteiger partial charge in [0, 0.05) is 5.75 Å².